The van der Waals surface area contributed by atoms with Crippen LogP contribution in [0.4, 0.5) is 0 Å². The summed E-state index contributed by atoms with van der Waals surface area (Å²) >= 11 is 0.640. The Labute approximate surface area is 140 Å². The van der Waals surface area contributed by atoms with Crippen molar-refractivity contribution in [2.75, 3.05) is 0 Å². The Hall–Kier alpha value is -0.564. The topological polar surface area (TPSA) is 76.2 Å². The summed E-state index contributed by atoms with van der Waals surface area (Å²) in [6, 6.07) is 14.1. The van der Waals surface area contributed by atoms with Crippen LogP contribution in [0.25, 0.3) is 0 Å². The molecule has 0 aliphatic heterocycles. The Morgan fingerprint density at radius 1 is 1.17 bits per heavy atom. The van der Waals surface area contributed by atoms with Crippen molar-refractivity contribution in [3.05, 3.63) is 66.0 Å². The Balaban J connectivity index is 0.000000180. The molecule has 0 spiro atoms. The average molecular weight is 268 g/mol. The van der Waals surface area contributed by atoms with Crippen LogP contribution in [0.15, 0.2) is 54.7 Å². The molecule has 0 saturated heterocycles. The summed E-state index contributed by atoms with van der Waals surface area (Å²) in [4.78, 5) is 14.3. The predicted molar refractivity (Wildman–Crippen MR) is 70.3 cm³/mol. The number of hydrogen-bond acceptors (Lipinski definition) is 3. The molecule has 0 bridgehead atoms. The van der Waals surface area contributed by atoms with Crippen LogP contribution in [-0.2, 0) is 0 Å². The first kappa shape index (κ1) is 15.5. The van der Waals surface area contributed by atoms with Crippen molar-refractivity contribution in [1.29, 1.82) is 0 Å². The van der Waals surface area contributed by atoms with Gasteiger partial charge in [0, 0.05) is 0 Å². The number of nitrogens with zero attached hydrogens (tertiary/aromatic N) is 1. The molecule has 1 heterocycles. The van der Waals surface area contributed by atoms with E-state index in [4.69, 9.17) is 10.8 Å². The van der Waals surface area contributed by atoms with E-state index in [1.165, 1.54) is 0 Å². The Bertz CT molecular complexity index is 475. The fourth-order valence-corrected chi connectivity index (χ4v) is 1.76. The summed E-state index contributed by atoms with van der Waals surface area (Å²) in [5.41, 5.74) is 6.99. The van der Waals surface area contributed by atoms with E-state index in [1.54, 1.807) is 36.5 Å². The number of carbonyl (C=O) groups is 1. The molecule has 18 heavy (non-hydrogen) atoms. The number of aromatic nitrogens is 1. The van der Waals surface area contributed by atoms with Crippen molar-refractivity contribution in [2.45, 2.75) is 0.136 Å². The van der Waals surface area contributed by atoms with Crippen molar-refractivity contribution in [1.82, 2.24) is 4.98 Å². The zero-order chi connectivity index (χ0) is 13.4. The number of hydrogen-bond donors (Lipinski definition) is 2. The predicted octanol–water partition coefficient (Wildman–Crippen LogP) is 1.59. The van der Waals surface area contributed by atoms with Gasteiger partial charge in [-0.3, -0.25) is 0 Å². The fraction of sp³-hybridized carbons (Fsp3) is 0.0769. The van der Waals surface area contributed by atoms with Crippen molar-refractivity contribution >= 4 is 54.9 Å². The van der Waals surface area contributed by atoms with Gasteiger partial charge < -0.3 is 5.11 Å². The smallest absolute Gasteiger partial charge is 0.335 e. The molecule has 1 aromatic heterocycles. The molecule has 1 atom stereocenters. The molecule has 0 saturated carbocycles. The van der Waals surface area contributed by atoms with Crippen molar-refractivity contribution < 1.29 is 9.90 Å². The van der Waals surface area contributed by atoms with Crippen LogP contribution in [0.2, 0.25) is 0 Å². The van der Waals surface area contributed by atoms with E-state index < -0.39 is 5.97 Å². The van der Waals surface area contributed by atoms with E-state index in [9.17, 15) is 4.79 Å². The first-order valence-electron chi connectivity index (χ1n) is 5.56. The minimum atomic E-state index is -0.879. The number of rotatable bonds is 2. The number of pyridine rings is 1. The maximum atomic E-state index is 10.2. The van der Waals surface area contributed by atoms with Crippen LogP contribution in [-0.4, -0.2) is 65.0 Å². The van der Waals surface area contributed by atoms with Gasteiger partial charge in [0.2, 0.25) is 0 Å². The third-order valence-electron chi connectivity index (χ3n) is 2.18. The second kappa shape index (κ2) is 8.52. The Morgan fingerprint density at radius 2 is 1.78 bits per heavy atom. The van der Waals surface area contributed by atoms with Gasteiger partial charge >= 0.3 is 95.9 Å². The zero-order valence-corrected chi connectivity index (χ0v) is 13.3. The first-order valence-corrected chi connectivity index (χ1v) is 7.36. The maximum absolute atomic E-state index is 10.2. The molecule has 2 rings (SSSR count). The minimum absolute atomic E-state index is 0.235. The van der Waals surface area contributed by atoms with Crippen molar-refractivity contribution in [2.24, 2.45) is 5.73 Å². The van der Waals surface area contributed by atoms with Gasteiger partial charge in [0.25, 0.3) is 0 Å². The van der Waals surface area contributed by atoms with Crippen LogP contribution in [0, 0.1) is 0 Å². The quantitative estimate of drug-likeness (QED) is 0.811. The molecule has 1 aromatic carbocycles. The number of carboxylic acid groups (broad SMARTS) is 1. The van der Waals surface area contributed by atoms with Crippen molar-refractivity contribution in [3.63, 3.8) is 0 Å². The molecule has 2 aromatic rings. The van der Waals surface area contributed by atoms with E-state index in [0.29, 0.717) is 54.5 Å². The number of benzene rings is 1. The van der Waals surface area contributed by atoms with E-state index in [1.807, 2.05) is 18.2 Å². The molecule has 88 valence electrons. The minimum Gasteiger partial charge on any atom is -0.478 e. The Kier molecular flexibility index (Phi) is 7.34. The van der Waals surface area contributed by atoms with Gasteiger partial charge in [0.15, 0.2) is 0 Å². The van der Waals surface area contributed by atoms with Crippen LogP contribution in [0.3, 0.4) is 0 Å². The molecule has 3 N–H and O–H groups in total. The standard InChI is InChI=1S/C7H6O2.C6H7N2.K/c8-7(9)6-4-2-1-3-5-6;7-5-6-3-1-2-4-8-6;/h1-5H,(H,8,9);1-5H,7H2;. The van der Waals surface area contributed by atoms with E-state index in [2.05, 4.69) is 4.98 Å². The first-order chi connectivity index (χ1) is 8.61. The van der Waals surface area contributed by atoms with Gasteiger partial charge in [0.05, 0.1) is 5.56 Å². The van der Waals surface area contributed by atoms with Gasteiger partial charge in [-0.05, 0) is 12.1 Å². The molecule has 0 aliphatic carbocycles. The molecule has 5 heteroatoms. The number of carboxylic acids is 1. The van der Waals surface area contributed by atoms with E-state index in [-0.39, 0.29) is 0.136 Å². The molecule has 0 aliphatic rings. The molecule has 4 nitrogen and oxygen atoms in total. The van der Waals surface area contributed by atoms with Crippen LogP contribution >= 0.6 is 0 Å². The zero-order valence-electron chi connectivity index (χ0n) is 10.2. The molecule has 0 radical (unpaired) electrons. The molecular weight excluding hydrogens is 255 g/mol. The normalized spacial score (nSPS) is 11.1. The fourth-order valence-electron chi connectivity index (χ4n) is 1.23. The summed E-state index contributed by atoms with van der Waals surface area (Å²) in [7, 11) is 0. The molecular formula is C13H13KN2O2. The third-order valence-corrected chi connectivity index (χ3v) is 3.10. The van der Waals surface area contributed by atoms with Gasteiger partial charge in [-0.2, -0.15) is 0 Å². The second-order valence-corrected chi connectivity index (χ2v) is 5.66. The van der Waals surface area contributed by atoms with E-state index >= 15 is 0 Å². The number of aromatic carboxylic acids is 1. The number of nitrogens with two attached hydrogens (primary N) is 1. The van der Waals surface area contributed by atoms with E-state index in [0.717, 1.165) is 5.69 Å². The molecule has 0 fully saturated rings. The summed E-state index contributed by atoms with van der Waals surface area (Å²) in [6.45, 7) is 0. The van der Waals surface area contributed by atoms with Crippen LogP contribution in [0.5, 0.6) is 0 Å². The SMILES string of the molecule is N[CH]([K])c1ccccn1.O=C(O)c1ccccc1. The van der Waals surface area contributed by atoms with Gasteiger partial charge in [-0.25, -0.2) is 4.79 Å². The second-order valence-electron chi connectivity index (χ2n) is 3.71. The average Bonchev–Trinajstić information content (AvgIpc) is 2.41. The summed E-state index contributed by atoms with van der Waals surface area (Å²) in [5, 5.41) is 8.38. The van der Waals surface area contributed by atoms with Gasteiger partial charge in [-0.1, -0.05) is 18.2 Å². The molecule has 0 amide bonds. The van der Waals surface area contributed by atoms with Crippen LogP contribution in [0.1, 0.15) is 16.2 Å². The van der Waals surface area contributed by atoms with Gasteiger partial charge in [0.1, 0.15) is 0 Å². The largest absolute Gasteiger partial charge is 0.478 e. The molecule has 1 unspecified atom stereocenters. The summed E-state index contributed by atoms with van der Waals surface area (Å²) in [5.74, 6) is -0.879. The monoisotopic (exact) mass is 268 g/mol. The summed E-state index contributed by atoms with van der Waals surface area (Å²) in [6.07, 6.45) is 1.78. The third kappa shape index (κ3) is 5.86. The Morgan fingerprint density at radius 3 is 2.11 bits per heavy atom. The van der Waals surface area contributed by atoms with Crippen LogP contribution < -0.4 is 5.73 Å². The van der Waals surface area contributed by atoms with Gasteiger partial charge in [-0.15, -0.1) is 0 Å². The summed E-state index contributed by atoms with van der Waals surface area (Å²) < 4.78 is 0.235. The maximum Gasteiger partial charge on any atom is 0.335 e. The van der Waals surface area contributed by atoms with Crippen molar-refractivity contribution in [3.8, 4) is 0 Å².